The van der Waals surface area contributed by atoms with Gasteiger partial charge in [-0.05, 0) is 36.4 Å². The smallest absolute Gasteiger partial charge is 0.339 e. The van der Waals surface area contributed by atoms with Crippen LogP contribution >= 0.6 is 0 Å². The molecule has 1 amide bonds. The first-order valence-electron chi connectivity index (χ1n) is 6.79. The van der Waals surface area contributed by atoms with E-state index in [0.717, 1.165) is 6.29 Å². The van der Waals surface area contributed by atoms with Gasteiger partial charge in [-0.2, -0.15) is 0 Å². The van der Waals surface area contributed by atoms with Gasteiger partial charge in [0, 0.05) is 5.56 Å². The molecule has 6 heteroatoms. The molecule has 0 unspecified atom stereocenters. The number of amides is 1. The van der Waals surface area contributed by atoms with E-state index >= 15 is 0 Å². The Morgan fingerprint density at radius 1 is 1.09 bits per heavy atom. The van der Waals surface area contributed by atoms with Crippen LogP contribution in [0.15, 0.2) is 48.5 Å². The Morgan fingerprint density at radius 2 is 1.78 bits per heavy atom. The zero-order chi connectivity index (χ0) is 16.7. The Labute approximate surface area is 133 Å². The molecule has 0 aliphatic carbocycles. The molecule has 2 rings (SSSR count). The van der Waals surface area contributed by atoms with Gasteiger partial charge in [0.15, 0.2) is 6.61 Å². The molecule has 118 valence electrons. The van der Waals surface area contributed by atoms with E-state index in [-0.39, 0.29) is 12.2 Å². The fraction of sp³-hybridized carbons (Fsp3) is 0.118. The third-order valence-electron chi connectivity index (χ3n) is 2.99. The van der Waals surface area contributed by atoms with E-state index in [4.69, 9.17) is 4.74 Å². The summed E-state index contributed by atoms with van der Waals surface area (Å²) < 4.78 is 9.98. The average Bonchev–Trinajstić information content (AvgIpc) is 2.60. The summed E-state index contributed by atoms with van der Waals surface area (Å²) in [4.78, 5) is 34.1. The van der Waals surface area contributed by atoms with E-state index in [2.05, 4.69) is 10.1 Å². The minimum Gasteiger partial charge on any atom is -0.484 e. The van der Waals surface area contributed by atoms with E-state index in [1.807, 2.05) is 0 Å². The van der Waals surface area contributed by atoms with Crippen molar-refractivity contribution in [1.29, 1.82) is 0 Å². The van der Waals surface area contributed by atoms with Crippen LogP contribution in [0.2, 0.25) is 0 Å². The van der Waals surface area contributed by atoms with Crippen molar-refractivity contribution >= 4 is 23.9 Å². The zero-order valence-electron chi connectivity index (χ0n) is 12.4. The van der Waals surface area contributed by atoms with Crippen molar-refractivity contribution in [2.45, 2.75) is 0 Å². The molecule has 0 fully saturated rings. The molecular weight excluding hydrogens is 298 g/mol. The number of ether oxygens (including phenoxy) is 2. The van der Waals surface area contributed by atoms with Gasteiger partial charge in [-0.3, -0.25) is 9.59 Å². The lowest BCUT2D eigenvalue weighted by Gasteiger charge is -2.10. The first-order chi connectivity index (χ1) is 11.1. The third kappa shape index (κ3) is 4.41. The Bertz CT molecular complexity index is 709. The molecule has 0 aliphatic heterocycles. The fourth-order valence-electron chi connectivity index (χ4n) is 1.86. The van der Waals surface area contributed by atoms with E-state index in [0.29, 0.717) is 17.0 Å². The summed E-state index contributed by atoms with van der Waals surface area (Å²) in [5.41, 5.74) is 1.14. The highest BCUT2D eigenvalue weighted by atomic mass is 16.5. The summed E-state index contributed by atoms with van der Waals surface area (Å²) in [5, 5.41) is 2.60. The molecule has 1 N–H and O–H groups in total. The van der Waals surface area contributed by atoms with Crippen LogP contribution in [0.4, 0.5) is 5.69 Å². The third-order valence-corrected chi connectivity index (χ3v) is 2.99. The van der Waals surface area contributed by atoms with Gasteiger partial charge in [0.05, 0.1) is 18.4 Å². The first kappa shape index (κ1) is 16.2. The maximum atomic E-state index is 11.9. The number of benzene rings is 2. The molecule has 0 saturated carbocycles. The molecule has 23 heavy (non-hydrogen) atoms. The van der Waals surface area contributed by atoms with Crippen LogP contribution in [-0.4, -0.2) is 31.9 Å². The lowest BCUT2D eigenvalue weighted by Crippen LogP contribution is -2.21. The highest BCUT2D eigenvalue weighted by molar-refractivity contribution is 6.01. The molecule has 0 aromatic heterocycles. The van der Waals surface area contributed by atoms with Crippen molar-refractivity contribution < 1.29 is 23.9 Å². The Kier molecular flexibility index (Phi) is 5.46. The second-order valence-corrected chi connectivity index (χ2v) is 4.56. The molecule has 0 saturated heterocycles. The van der Waals surface area contributed by atoms with Gasteiger partial charge >= 0.3 is 5.97 Å². The standard InChI is InChI=1S/C17H15NO5/c1-22-17(21)14-4-2-3-5-15(14)18-16(20)11-23-13-8-6-12(10-19)7-9-13/h2-10H,11H2,1H3,(H,18,20). The molecule has 2 aromatic rings. The summed E-state index contributed by atoms with van der Waals surface area (Å²) in [6.07, 6.45) is 0.722. The number of aldehydes is 1. The van der Waals surface area contributed by atoms with Crippen LogP contribution in [0.5, 0.6) is 5.75 Å². The van der Waals surface area contributed by atoms with Gasteiger partial charge in [0.25, 0.3) is 5.91 Å². The lowest BCUT2D eigenvalue weighted by atomic mass is 10.2. The molecule has 2 aromatic carbocycles. The van der Waals surface area contributed by atoms with Crippen molar-refractivity contribution in [3.63, 3.8) is 0 Å². The predicted molar refractivity (Wildman–Crippen MR) is 83.7 cm³/mol. The van der Waals surface area contributed by atoms with E-state index in [9.17, 15) is 14.4 Å². The van der Waals surface area contributed by atoms with Crippen LogP contribution in [-0.2, 0) is 9.53 Å². The summed E-state index contributed by atoms with van der Waals surface area (Å²) in [5.74, 6) is -0.487. The number of nitrogens with one attached hydrogen (secondary N) is 1. The minimum absolute atomic E-state index is 0.226. The highest BCUT2D eigenvalue weighted by Gasteiger charge is 2.13. The predicted octanol–water partition coefficient (Wildman–Crippen LogP) is 2.30. The summed E-state index contributed by atoms with van der Waals surface area (Å²) in [6, 6.07) is 12.9. The molecule has 6 nitrogen and oxygen atoms in total. The number of hydrogen-bond acceptors (Lipinski definition) is 5. The van der Waals surface area contributed by atoms with Gasteiger partial charge in [-0.1, -0.05) is 12.1 Å². The topological polar surface area (TPSA) is 81.7 Å². The van der Waals surface area contributed by atoms with Crippen molar-refractivity contribution in [3.8, 4) is 5.75 Å². The van der Waals surface area contributed by atoms with Crippen LogP contribution in [0.3, 0.4) is 0 Å². The molecule has 0 atom stereocenters. The number of carbonyl (C=O) groups is 3. The number of methoxy groups -OCH3 is 1. The Balaban J connectivity index is 1.97. The SMILES string of the molecule is COC(=O)c1ccccc1NC(=O)COc1ccc(C=O)cc1. The van der Waals surface area contributed by atoms with Crippen LogP contribution < -0.4 is 10.1 Å². The van der Waals surface area contributed by atoms with E-state index < -0.39 is 11.9 Å². The zero-order valence-corrected chi connectivity index (χ0v) is 12.4. The molecule has 0 spiro atoms. The second kappa shape index (κ2) is 7.74. The van der Waals surface area contributed by atoms with Crippen LogP contribution in [0, 0.1) is 0 Å². The monoisotopic (exact) mass is 313 g/mol. The number of carbonyl (C=O) groups excluding carboxylic acids is 3. The van der Waals surface area contributed by atoms with Gasteiger partial charge in [-0.25, -0.2) is 4.79 Å². The molecule has 0 heterocycles. The van der Waals surface area contributed by atoms with E-state index in [1.54, 1.807) is 48.5 Å². The number of esters is 1. The van der Waals surface area contributed by atoms with Crippen LogP contribution in [0.1, 0.15) is 20.7 Å². The summed E-state index contributed by atoms with van der Waals surface area (Å²) in [6.45, 7) is -0.226. The maximum Gasteiger partial charge on any atom is 0.339 e. The molecule has 0 radical (unpaired) electrons. The van der Waals surface area contributed by atoms with Gasteiger partial charge in [0.1, 0.15) is 12.0 Å². The Morgan fingerprint density at radius 3 is 2.43 bits per heavy atom. The van der Waals surface area contributed by atoms with E-state index in [1.165, 1.54) is 7.11 Å². The normalized spacial score (nSPS) is 9.78. The van der Waals surface area contributed by atoms with Crippen LogP contribution in [0.25, 0.3) is 0 Å². The highest BCUT2D eigenvalue weighted by Crippen LogP contribution is 2.16. The van der Waals surface area contributed by atoms with Gasteiger partial charge in [0.2, 0.25) is 0 Å². The number of para-hydroxylation sites is 1. The average molecular weight is 313 g/mol. The summed E-state index contributed by atoms with van der Waals surface area (Å²) >= 11 is 0. The van der Waals surface area contributed by atoms with Crippen molar-refractivity contribution in [3.05, 3.63) is 59.7 Å². The number of rotatable bonds is 6. The minimum atomic E-state index is -0.536. The quantitative estimate of drug-likeness (QED) is 0.653. The summed E-state index contributed by atoms with van der Waals surface area (Å²) in [7, 11) is 1.27. The number of anilines is 1. The first-order valence-corrected chi connectivity index (χ1v) is 6.79. The molecule has 0 bridgehead atoms. The Hall–Kier alpha value is -3.15. The fourth-order valence-corrected chi connectivity index (χ4v) is 1.86. The lowest BCUT2D eigenvalue weighted by molar-refractivity contribution is -0.118. The van der Waals surface area contributed by atoms with Crippen molar-refractivity contribution in [2.24, 2.45) is 0 Å². The van der Waals surface area contributed by atoms with Crippen molar-refractivity contribution in [2.75, 3.05) is 19.0 Å². The number of hydrogen-bond donors (Lipinski definition) is 1. The second-order valence-electron chi connectivity index (χ2n) is 4.56. The van der Waals surface area contributed by atoms with Gasteiger partial charge < -0.3 is 14.8 Å². The molecule has 0 aliphatic rings. The van der Waals surface area contributed by atoms with Gasteiger partial charge in [-0.15, -0.1) is 0 Å². The molecular formula is C17H15NO5. The largest absolute Gasteiger partial charge is 0.484 e. The maximum absolute atomic E-state index is 11.9. The van der Waals surface area contributed by atoms with Crippen molar-refractivity contribution in [1.82, 2.24) is 0 Å².